The number of aromatic nitrogens is 4. The fourth-order valence-electron chi connectivity index (χ4n) is 3.33. The minimum Gasteiger partial charge on any atom is -0.338 e. The van der Waals surface area contributed by atoms with Gasteiger partial charge in [0.2, 0.25) is 15.9 Å². The number of carbonyl (C=O) groups excluding carboxylic acids is 1. The van der Waals surface area contributed by atoms with Gasteiger partial charge >= 0.3 is 5.69 Å². The number of tetrazole rings is 1. The third-order valence-corrected chi connectivity index (χ3v) is 7.24. The van der Waals surface area contributed by atoms with E-state index in [0.29, 0.717) is 10.7 Å². The Balaban J connectivity index is 1.42. The first-order valence-electron chi connectivity index (χ1n) is 9.58. The number of halogens is 2. The number of carbonyl (C=O) groups is 1. The van der Waals surface area contributed by atoms with Gasteiger partial charge in [-0.05, 0) is 40.8 Å². The predicted molar refractivity (Wildman–Crippen MR) is 112 cm³/mol. The molecule has 10 nitrogen and oxygen atoms in total. The SMILES string of the molecule is O=C(Cn1nnn(-c2ccccc2Cl)c1=O)N1CCN(S(=O)(=O)c2cccc(F)c2)CC1. The Morgan fingerprint density at radius 2 is 1.75 bits per heavy atom. The average molecular weight is 481 g/mol. The van der Waals surface area contributed by atoms with E-state index < -0.39 is 27.4 Å². The van der Waals surface area contributed by atoms with Crippen LogP contribution in [0.1, 0.15) is 0 Å². The molecule has 32 heavy (non-hydrogen) atoms. The van der Waals surface area contributed by atoms with Crippen LogP contribution in [0.3, 0.4) is 0 Å². The maximum Gasteiger partial charge on any atom is 0.369 e. The maximum absolute atomic E-state index is 13.4. The quantitative estimate of drug-likeness (QED) is 0.533. The van der Waals surface area contributed by atoms with Crippen molar-refractivity contribution >= 4 is 27.5 Å². The number of hydrogen-bond acceptors (Lipinski definition) is 6. The molecule has 1 aliphatic rings. The van der Waals surface area contributed by atoms with Crippen LogP contribution in [0.2, 0.25) is 5.02 Å². The van der Waals surface area contributed by atoms with Crippen LogP contribution in [0, 0.1) is 5.82 Å². The molecule has 2 heterocycles. The van der Waals surface area contributed by atoms with Crippen LogP contribution in [0.4, 0.5) is 4.39 Å². The molecule has 1 fully saturated rings. The number of rotatable bonds is 5. The third-order valence-electron chi connectivity index (χ3n) is 5.03. The second-order valence-electron chi connectivity index (χ2n) is 7.02. The molecule has 0 radical (unpaired) electrons. The Labute approximate surface area is 187 Å². The first kappa shape index (κ1) is 22.1. The van der Waals surface area contributed by atoms with Crippen LogP contribution in [0.5, 0.6) is 0 Å². The average Bonchev–Trinajstić information content (AvgIpc) is 3.14. The smallest absolute Gasteiger partial charge is 0.338 e. The molecule has 0 aliphatic carbocycles. The summed E-state index contributed by atoms with van der Waals surface area (Å²) in [6.07, 6.45) is 0. The second kappa shape index (κ2) is 8.81. The van der Waals surface area contributed by atoms with E-state index in [-0.39, 0.29) is 37.6 Å². The van der Waals surface area contributed by atoms with Gasteiger partial charge in [0, 0.05) is 26.2 Å². The van der Waals surface area contributed by atoms with E-state index in [4.69, 9.17) is 11.6 Å². The van der Waals surface area contributed by atoms with Crippen LogP contribution in [-0.2, 0) is 21.4 Å². The van der Waals surface area contributed by atoms with Crippen molar-refractivity contribution in [1.29, 1.82) is 0 Å². The minimum atomic E-state index is -3.87. The fraction of sp³-hybridized carbons (Fsp3) is 0.263. The van der Waals surface area contributed by atoms with Gasteiger partial charge in [-0.15, -0.1) is 0 Å². The Morgan fingerprint density at radius 1 is 1.03 bits per heavy atom. The summed E-state index contributed by atoms with van der Waals surface area (Å²) in [4.78, 5) is 26.5. The van der Waals surface area contributed by atoms with Crippen molar-refractivity contribution in [2.75, 3.05) is 26.2 Å². The summed E-state index contributed by atoms with van der Waals surface area (Å²) >= 11 is 6.08. The summed E-state index contributed by atoms with van der Waals surface area (Å²) in [7, 11) is -3.87. The Kier molecular flexibility index (Phi) is 6.09. The molecule has 0 unspecified atom stereocenters. The van der Waals surface area contributed by atoms with Crippen LogP contribution in [0.15, 0.2) is 58.2 Å². The van der Waals surface area contributed by atoms with Crippen LogP contribution in [-0.4, -0.2) is 69.5 Å². The summed E-state index contributed by atoms with van der Waals surface area (Å²) in [5.74, 6) is -1.05. The molecule has 2 aromatic carbocycles. The first-order chi connectivity index (χ1) is 15.3. The Hall–Kier alpha value is -3.09. The molecule has 0 saturated carbocycles. The zero-order valence-corrected chi connectivity index (χ0v) is 18.2. The molecule has 0 N–H and O–H groups in total. The molecule has 4 rings (SSSR count). The monoisotopic (exact) mass is 480 g/mol. The Morgan fingerprint density at radius 3 is 2.44 bits per heavy atom. The van der Waals surface area contributed by atoms with Crippen molar-refractivity contribution in [2.45, 2.75) is 11.4 Å². The van der Waals surface area contributed by atoms with E-state index in [1.807, 2.05) is 0 Å². The molecular weight excluding hydrogens is 463 g/mol. The third kappa shape index (κ3) is 4.29. The molecule has 3 aromatic rings. The number of hydrogen-bond donors (Lipinski definition) is 0. The lowest BCUT2D eigenvalue weighted by Crippen LogP contribution is -2.51. The van der Waals surface area contributed by atoms with E-state index >= 15 is 0 Å². The number of piperazine rings is 1. The lowest BCUT2D eigenvalue weighted by molar-refractivity contribution is -0.133. The van der Waals surface area contributed by atoms with Crippen molar-refractivity contribution < 1.29 is 17.6 Å². The van der Waals surface area contributed by atoms with Crippen LogP contribution in [0.25, 0.3) is 5.69 Å². The Bertz CT molecular complexity index is 1320. The van der Waals surface area contributed by atoms with Crippen LogP contribution >= 0.6 is 11.6 Å². The van der Waals surface area contributed by atoms with Gasteiger partial charge in [0.15, 0.2) is 0 Å². The molecule has 1 aliphatic heterocycles. The lowest BCUT2D eigenvalue weighted by Gasteiger charge is -2.33. The van der Waals surface area contributed by atoms with Crippen molar-refractivity contribution in [1.82, 2.24) is 29.0 Å². The number of sulfonamides is 1. The number of para-hydroxylation sites is 1. The lowest BCUT2D eigenvalue weighted by atomic mass is 10.3. The topological polar surface area (TPSA) is 110 Å². The van der Waals surface area contributed by atoms with Crippen molar-refractivity contribution in [3.63, 3.8) is 0 Å². The van der Waals surface area contributed by atoms with Gasteiger partial charge in [-0.25, -0.2) is 17.6 Å². The second-order valence-corrected chi connectivity index (χ2v) is 9.37. The summed E-state index contributed by atoms with van der Waals surface area (Å²) in [6.45, 7) is -0.000902. The van der Waals surface area contributed by atoms with E-state index in [0.717, 1.165) is 15.4 Å². The standard InChI is InChI=1S/C19H18ClFN6O4S/c20-16-6-1-2-7-17(16)27-19(29)26(22-23-27)13-18(28)24-8-10-25(11-9-24)32(30,31)15-5-3-4-14(21)12-15/h1-7,12H,8-11,13H2. The largest absolute Gasteiger partial charge is 0.369 e. The highest BCUT2D eigenvalue weighted by Crippen LogP contribution is 2.19. The van der Waals surface area contributed by atoms with Gasteiger partial charge in [-0.1, -0.05) is 29.8 Å². The first-order valence-corrected chi connectivity index (χ1v) is 11.4. The van der Waals surface area contributed by atoms with Crippen LogP contribution < -0.4 is 5.69 Å². The minimum absolute atomic E-state index is 0.0474. The highest BCUT2D eigenvalue weighted by molar-refractivity contribution is 7.89. The summed E-state index contributed by atoms with van der Waals surface area (Å²) in [5.41, 5.74) is -0.284. The van der Waals surface area contributed by atoms with Gasteiger partial charge in [0.25, 0.3) is 0 Å². The molecule has 1 aromatic heterocycles. The number of nitrogens with zero attached hydrogens (tertiary/aromatic N) is 6. The van der Waals surface area contributed by atoms with E-state index in [9.17, 15) is 22.4 Å². The van der Waals surface area contributed by atoms with Crippen molar-refractivity contribution in [3.05, 3.63) is 69.9 Å². The molecule has 0 bridgehead atoms. The maximum atomic E-state index is 13.4. The summed E-state index contributed by atoms with van der Waals surface area (Å²) in [5, 5.41) is 7.82. The van der Waals surface area contributed by atoms with Crippen molar-refractivity contribution in [3.8, 4) is 5.69 Å². The summed E-state index contributed by atoms with van der Waals surface area (Å²) < 4.78 is 41.9. The molecule has 168 valence electrons. The molecular formula is C19H18ClFN6O4S. The normalized spacial score (nSPS) is 15.1. The van der Waals surface area contributed by atoms with Gasteiger partial charge < -0.3 is 4.90 Å². The molecule has 0 atom stereocenters. The molecule has 1 saturated heterocycles. The van der Waals surface area contributed by atoms with Gasteiger partial charge in [0.1, 0.15) is 12.4 Å². The molecule has 1 amide bonds. The van der Waals surface area contributed by atoms with Gasteiger partial charge in [-0.2, -0.15) is 13.7 Å². The molecule has 0 spiro atoms. The van der Waals surface area contributed by atoms with E-state index in [2.05, 4.69) is 10.4 Å². The van der Waals surface area contributed by atoms with Gasteiger partial charge in [-0.3, -0.25) is 4.79 Å². The van der Waals surface area contributed by atoms with E-state index in [1.54, 1.807) is 24.3 Å². The number of amides is 1. The molecule has 13 heteroatoms. The van der Waals surface area contributed by atoms with Gasteiger partial charge in [0.05, 0.1) is 15.6 Å². The summed E-state index contributed by atoms with van der Waals surface area (Å²) in [6, 6.07) is 11.4. The highest BCUT2D eigenvalue weighted by Gasteiger charge is 2.30. The van der Waals surface area contributed by atoms with Crippen molar-refractivity contribution in [2.24, 2.45) is 0 Å². The predicted octanol–water partition coefficient (Wildman–Crippen LogP) is 0.755. The zero-order valence-electron chi connectivity index (χ0n) is 16.6. The number of benzene rings is 2. The zero-order chi connectivity index (χ0) is 22.9. The highest BCUT2D eigenvalue weighted by atomic mass is 35.5. The van der Waals surface area contributed by atoms with E-state index in [1.165, 1.54) is 27.4 Å². The fourth-order valence-corrected chi connectivity index (χ4v) is 5.00.